The topological polar surface area (TPSA) is 44.9 Å². The minimum absolute atomic E-state index is 0.116. The number of carbonyl (C=O) groups excluding carboxylic acids is 1. The normalized spacial score (nSPS) is 18.8. The molecule has 2 aliphatic rings. The Morgan fingerprint density at radius 2 is 2.04 bits per heavy atom. The molecule has 2 aromatic carbocycles. The first kappa shape index (κ1) is 19.0. The van der Waals surface area contributed by atoms with Gasteiger partial charge in [0.1, 0.15) is 18.3 Å². The van der Waals surface area contributed by atoms with Crippen LogP contribution in [0.4, 0.5) is 0 Å². The Kier molecular flexibility index (Phi) is 5.13. The summed E-state index contributed by atoms with van der Waals surface area (Å²) in [5.74, 6) is 1.28. The zero-order chi connectivity index (χ0) is 19.8. The average Bonchev–Trinajstić information content (AvgIpc) is 3.13. The summed E-state index contributed by atoms with van der Waals surface area (Å²) >= 11 is 12.5. The van der Waals surface area contributed by atoms with Gasteiger partial charge in [0.15, 0.2) is 12.3 Å². The molecule has 0 saturated carbocycles. The van der Waals surface area contributed by atoms with E-state index >= 15 is 0 Å². The van der Waals surface area contributed by atoms with Gasteiger partial charge in [0, 0.05) is 10.6 Å². The fourth-order valence-corrected chi connectivity index (χ4v) is 4.27. The minimum Gasteiger partial charge on any atom is -0.495 e. The highest BCUT2D eigenvalue weighted by atomic mass is 35.5. The van der Waals surface area contributed by atoms with Crippen LogP contribution in [0.3, 0.4) is 0 Å². The van der Waals surface area contributed by atoms with E-state index in [1.54, 1.807) is 18.2 Å². The summed E-state index contributed by atoms with van der Waals surface area (Å²) < 4.78 is 7.44. The van der Waals surface area contributed by atoms with Crippen molar-refractivity contribution >= 4 is 40.7 Å². The molecule has 4 rings (SSSR count). The molecular weight excluding hydrogens is 397 g/mol. The summed E-state index contributed by atoms with van der Waals surface area (Å²) in [5, 5.41) is 1.04. The van der Waals surface area contributed by atoms with Crippen LogP contribution in [0.25, 0.3) is 0 Å². The number of amidine groups is 1. The van der Waals surface area contributed by atoms with Gasteiger partial charge in [-0.05, 0) is 31.2 Å². The molecule has 1 atom stereocenters. The van der Waals surface area contributed by atoms with Gasteiger partial charge in [-0.1, -0.05) is 46.4 Å². The minimum atomic E-state index is -0.153. The summed E-state index contributed by atoms with van der Waals surface area (Å²) in [6.45, 7) is 3.84. The molecular formula is C21H20Cl2N3O2+. The van der Waals surface area contributed by atoms with Crippen LogP contribution in [-0.4, -0.2) is 59.7 Å². The molecule has 0 radical (unpaired) electrons. The molecule has 2 aliphatic heterocycles. The van der Waals surface area contributed by atoms with Crippen LogP contribution in [0.5, 0.6) is 5.75 Å². The number of hydrogen-bond donors (Lipinski definition) is 0. The summed E-state index contributed by atoms with van der Waals surface area (Å²) in [6, 6.07) is 12.9. The lowest BCUT2D eigenvalue weighted by Gasteiger charge is -2.32. The number of fused-ring (bicyclic) bond motifs is 1. The van der Waals surface area contributed by atoms with Crippen molar-refractivity contribution in [3.8, 4) is 5.75 Å². The second-order valence-corrected chi connectivity index (χ2v) is 7.59. The third kappa shape index (κ3) is 3.19. The molecule has 7 heteroatoms. The van der Waals surface area contributed by atoms with E-state index < -0.39 is 0 Å². The van der Waals surface area contributed by atoms with E-state index in [1.807, 2.05) is 36.1 Å². The highest BCUT2D eigenvalue weighted by Crippen LogP contribution is 2.30. The predicted octanol–water partition coefficient (Wildman–Crippen LogP) is 3.76. The van der Waals surface area contributed by atoms with E-state index in [1.165, 1.54) is 7.11 Å². The quantitative estimate of drug-likeness (QED) is 0.714. The maximum atomic E-state index is 13.2. The third-order valence-electron chi connectivity index (χ3n) is 5.23. The highest BCUT2D eigenvalue weighted by Gasteiger charge is 2.42. The zero-order valence-corrected chi connectivity index (χ0v) is 17.2. The van der Waals surface area contributed by atoms with Gasteiger partial charge in [-0.15, -0.1) is 0 Å². The number of rotatable bonds is 3. The number of ether oxygens (including phenoxy) is 1. The smallest absolute Gasteiger partial charge is 0.315 e. The maximum Gasteiger partial charge on any atom is 0.315 e. The molecule has 2 heterocycles. The molecule has 28 heavy (non-hydrogen) atoms. The van der Waals surface area contributed by atoms with Crippen LogP contribution in [-0.2, 0) is 0 Å². The number of piperazine rings is 1. The van der Waals surface area contributed by atoms with E-state index in [0.717, 1.165) is 17.1 Å². The Labute approximate surface area is 173 Å². The van der Waals surface area contributed by atoms with Crippen molar-refractivity contribution in [1.82, 2.24) is 4.90 Å². The second-order valence-electron chi connectivity index (χ2n) is 6.78. The second kappa shape index (κ2) is 7.57. The van der Waals surface area contributed by atoms with Crippen LogP contribution in [0.1, 0.15) is 22.8 Å². The van der Waals surface area contributed by atoms with Gasteiger partial charge in [-0.25, -0.2) is 4.58 Å². The predicted molar refractivity (Wildman–Crippen MR) is 111 cm³/mol. The van der Waals surface area contributed by atoms with Gasteiger partial charge < -0.3 is 9.64 Å². The number of aliphatic imine (C=N–C) groups is 1. The molecule has 0 bridgehead atoms. The first-order chi connectivity index (χ1) is 13.5. The van der Waals surface area contributed by atoms with Gasteiger partial charge in [0.25, 0.3) is 5.91 Å². The van der Waals surface area contributed by atoms with Crippen LogP contribution in [0.2, 0.25) is 10.0 Å². The molecule has 0 N–H and O–H groups in total. The first-order valence-electron chi connectivity index (χ1n) is 9.08. The van der Waals surface area contributed by atoms with E-state index in [9.17, 15) is 4.79 Å². The monoisotopic (exact) mass is 416 g/mol. The molecule has 2 aromatic rings. The molecule has 0 spiro atoms. The fraction of sp³-hybridized carbons (Fsp3) is 0.286. The van der Waals surface area contributed by atoms with Crippen molar-refractivity contribution in [3.05, 3.63) is 63.6 Å². The lowest BCUT2D eigenvalue weighted by atomic mass is 10.1. The number of methoxy groups -OCH3 is 1. The Balaban J connectivity index is 1.63. The summed E-state index contributed by atoms with van der Waals surface area (Å²) in [4.78, 5) is 19.7. The largest absolute Gasteiger partial charge is 0.495 e. The SMILES string of the molecule is COc1cccc(C(=O)N2CC[N+]3=C(c4cccc(Cl)c4)CN=C3[C@@H]2C)c1Cl. The van der Waals surface area contributed by atoms with Crippen molar-refractivity contribution in [2.45, 2.75) is 13.0 Å². The van der Waals surface area contributed by atoms with Crippen LogP contribution < -0.4 is 4.74 Å². The van der Waals surface area contributed by atoms with Crippen molar-refractivity contribution in [2.24, 2.45) is 4.99 Å². The summed E-state index contributed by atoms with van der Waals surface area (Å²) in [7, 11) is 1.54. The summed E-state index contributed by atoms with van der Waals surface area (Å²) in [5.41, 5.74) is 2.63. The van der Waals surface area contributed by atoms with Crippen molar-refractivity contribution < 1.29 is 14.1 Å². The number of halogens is 2. The summed E-state index contributed by atoms with van der Waals surface area (Å²) in [6.07, 6.45) is 0. The van der Waals surface area contributed by atoms with Crippen LogP contribution >= 0.6 is 23.2 Å². The molecule has 144 valence electrons. The molecule has 0 aromatic heterocycles. The Morgan fingerprint density at radius 1 is 1.25 bits per heavy atom. The van der Waals surface area contributed by atoms with Crippen molar-refractivity contribution in [2.75, 3.05) is 26.7 Å². The van der Waals surface area contributed by atoms with Crippen LogP contribution in [0.15, 0.2) is 47.5 Å². The highest BCUT2D eigenvalue weighted by molar-refractivity contribution is 6.35. The standard InChI is InChI=1S/C21H20Cl2N3O2/c1-13-20-24-12-17(14-5-3-6-15(22)11-14)26(20)10-9-25(13)21(27)16-7-4-8-18(28-2)19(16)23/h3-8,11,13H,9-10,12H2,1-2H3/q+1/t13-/m0/s1. The first-order valence-corrected chi connectivity index (χ1v) is 9.84. The van der Waals surface area contributed by atoms with Crippen LogP contribution in [0, 0.1) is 0 Å². The Morgan fingerprint density at radius 3 is 2.79 bits per heavy atom. The van der Waals surface area contributed by atoms with Gasteiger partial charge in [-0.2, -0.15) is 0 Å². The van der Waals surface area contributed by atoms with Crippen molar-refractivity contribution in [3.63, 3.8) is 0 Å². The molecule has 1 fully saturated rings. The average molecular weight is 417 g/mol. The van der Waals surface area contributed by atoms with E-state index in [0.29, 0.717) is 41.0 Å². The van der Waals surface area contributed by atoms with Gasteiger partial charge in [0.2, 0.25) is 0 Å². The molecule has 1 amide bonds. The van der Waals surface area contributed by atoms with Gasteiger partial charge >= 0.3 is 5.84 Å². The van der Waals surface area contributed by atoms with Gasteiger partial charge in [0.05, 0.1) is 24.2 Å². The van der Waals surface area contributed by atoms with E-state index in [-0.39, 0.29) is 11.9 Å². The fourth-order valence-electron chi connectivity index (χ4n) is 3.79. The van der Waals surface area contributed by atoms with Gasteiger partial charge in [-0.3, -0.25) is 4.79 Å². The molecule has 5 nitrogen and oxygen atoms in total. The van der Waals surface area contributed by atoms with Crippen molar-refractivity contribution in [1.29, 1.82) is 0 Å². The zero-order valence-electron chi connectivity index (χ0n) is 15.7. The number of hydrogen-bond acceptors (Lipinski definition) is 3. The third-order valence-corrected chi connectivity index (χ3v) is 5.86. The molecule has 0 unspecified atom stereocenters. The lowest BCUT2D eigenvalue weighted by molar-refractivity contribution is -0.419. The Hall–Kier alpha value is -2.37. The number of carbonyl (C=O) groups is 1. The number of amides is 1. The lowest BCUT2D eigenvalue weighted by Crippen LogP contribution is -2.54. The van der Waals surface area contributed by atoms with E-state index in [4.69, 9.17) is 32.9 Å². The molecule has 0 aliphatic carbocycles. The van der Waals surface area contributed by atoms with E-state index in [2.05, 4.69) is 4.58 Å². The Bertz CT molecular complexity index is 1020. The molecule has 1 saturated heterocycles. The maximum absolute atomic E-state index is 13.2. The number of nitrogens with zero attached hydrogens (tertiary/aromatic N) is 3. The number of benzene rings is 2.